The molecule has 0 saturated heterocycles. The van der Waals surface area contributed by atoms with Gasteiger partial charge >= 0.3 is 12.1 Å². The molecule has 0 aromatic heterocycles. The first kappa shape index (κ1) is 32.1. The Morgan fingerprint density at radius 3 is 2.23 bits per heavy atom. The van der Waals surface area contributed by atoms with Gasteiger partial charge in [-0.25, -0.2) is 4.79 Å². The molecule has 0 aliphatic carbocycles. The molecule has 4 nitrogen and oxygen atoms in total. The lowest BCUT2D eigenvalue weighted by atomic mass is 10.0. The number of hydrogen-bond donors (Lipinski definition) is 3. The zero-order chi connectivity index (χ0) is 31.0. The summed E-state index contributed by atoms with van der Waals surface area (Å²) in [5.41, 5.74) is 4.99. The molecule has 2 atom stereocenters. The van der Waals surface area contributed by atoms with Crippen molar-refractivity contribution in [3.05, 3.63) is 131 Å². The summed E-state index contributed by atoms with van der Waals surface area (Å²) in [5, 5.41) is 11.7. The van der Waals surface area contributed by atoms with Gasteiger partial charge in [-0.2, -0.15) is 13.2 Å². The van der Waals surface area contributed by atoms with Crippen LogP contribution >= 0.6 is 24.4 Å². The molecule has 0 amide bonds. The van der Waals surface area contributed by atoms with Crippen LogP contribution in [0.25, 0.3) is 11.1 Å². The monoisotopic (exact) mass is 623 g/mol. The van der Waals surface area contributed by atoms with Gasteiger partial charge in [0.2, 0.25) is 0 Å². The largest absolute Gasteiger partial charge is 0.482 e. The van der Waals surface area contributed by atoms with E-state index in [1.807, 2.05) is 44.2 Å². The standard InChI is InChI=1S/C34H32F3NO3S2/c1-22-18-29(16-17-31(22)41-21-32(39)40)43-30(20-24-8-10-26(11-9-24)25-6-4-3-5-7-25)19-23(2)38-33(42)27-12-14-28(15-13-27)34(35,36)37/h3-19,30,33,38,42H,20-21H2,1-2H3,(H,39,40)/b23-19+. The fourth-order valence-corrected chi connectivity index (χ4v) is 6.15. The number of carboxylic acid groups (broad SMARTS) is 1. The molecular weight excluding hydrogens is 592 g/mol. The van der Waals surface area contributed by atoms with Crippen LogP contribution in [0.2, 0.25) is 0 Å². The first-order chi connectivity index (χ1) is 20.5. The number of carbonyl (C=O) groups is 1. The Balaban J connectivity index is 1.53. The first-order valence-electron chi connectivity index (χ1n) is 13.5. The molecule has 0 saturated carbocycles. The second-order valence-electron chi connectivity index (χ2n) is 10.0. The molecule has 0 radical (unpaired) electrons. The maximum Gasteiger partial charge on any atom is 0.416 e. The number of alkyl halides is 3. The van der Waals surface area contributed by atoms with Crippen LogP contribution in [-0.4, -0.2) is 22.9 Å². The Kier molecular flexibility index (Phi) is 10.9. The average Bonchev–Trinajstić information content (AvgIpc) is 2.97. The molecule has 2 unspecified atom stereocenters. The number of rotatable bonds is 12. The lowest BCUT2D eigenvalue weighted by Gasteiger charge is -2.19. The van der Waals surface area contributed by atoms with E-state index in [2.05, 4.69) is 60.4 Å². The van der Waals surface area contributed by atoms with Crippen molar-refractivity contribution in [2.45, 2.75) is 42.0 Å². The van der Waals surface area contributed by atoms with Crippen LogP contribution in [-0.2, 0) is 17.4 Å². The van der Waals surface area contributed by atoms with E-state index in [4.69, 9.17) is 9.84 Å². The van der Waals surface area contributed by atoms with Gasteiger partial charge in [0.25, 0.3) is 0 Å². The molecule has 0 aliphatic heterocycles. The van der Waals surface area contributed by atoms with Gasteiger partial charge in [0, 0.05) is 15.8 Å². The van der Waals surface area contributed by atoms with E-state index < -0.39 is 29.7 Å². The normalized spacial score (nSPS) is 13.3. The highest BCUT2D eigenvalue weighted by Crippen LogP contribution is 2.33. The van der Waals surface area contributed by atoms with E-state index in [1.54, 1.807) is 17.8 Å². The minimum atomic E-state index is -4.39. The van der Waals surface area contributed by atoms with E-state index in [-0.39, 0.29) is 5.25 Å². The number of nitrogens with one attached hydrogen (secondary N) is 1. The van der Waals surface area contributed by atoms with Crippen molar-refractivity contribution in [1.29, 1.82) is 0 Å². The van der Waals surface area contributed by atoms with Crippen molar-refractivity contribution in [1.82, 2.24) is 5.32 Å². The lowest BCUT2D eigenvalue weighted by molar-refractivity contribution is -0.139. The highest BCUT2D eigenvalue weighted by atomic mass is 32.2. The maximum atomic E-state index is 13.0. The summed E-state index contributed by atoms with van der Waals surface area (Å²) < 4.78 is 44.3. The molecule has 2 N–H and O–H groups in total. The van der Waals surface area contributed by atoms with Crippen LogP contribution in [0.4, 0.5) is 13.2 Å². The fraction of sp³-hybridized carbons (Fsp3) is 0.206. The van der Waals surface area contributed by atoms with Crippen LogP contribution in [0.5, 0.6) is 5.75 Å². The number of thioether (sulfide) groups is 1. The van der Waals surface area contributed by atoms with Gasteiger partial charge in [-0.1, -0.05) is 72.8 Å². The van der Waals surface area contributed by atoms with Crippen LogP contribution in [0.1, 0.15) is 34.6 Å². The van der Waals surface area contributed by atoms with Crippen LogP contribution < -0.4 is 10.1 Å². The lowest BCUT2D eigenvalue weighted by Crippen LogP contribution is -2.17. The highest BCUT2D eigenvalue weighted by Gasteiger charge is 2.30. The van der Waals surface area contributed by atoms with Gasteiger partial charge in [0.15, 0.2) is 6.61 Å². The van der Waals surface area contributed by atoms with E-state index in [0.29, 0.717) is 17.7 Å². The topological polar surface area (TPSA) is 58.6 Å². The van der Waals surface area contributed by atoms with Gasteiger partial charge < -0.3 is 15.2 Å². The van der Waals surface area contributed by atoms with E-state index >= 15 is 0 Å². The maximum absolute atomic E-state index is 13.0. The highest BCUT2D eigenvalue weighted by molar-refractivity contribution is 8.00. The summed E-state index contributed by atoms with van der Waals surface area (Å²) >= 11 is 6.24. The Morgan fingerprint density at radius 1 is 0.977 bits per heavy atom. The van der Waals surface area contributed by atoms with Gasteiger partial charge in [-0.15, -0.1) is 24.4 Å². The molecule has 0 bridgehead atoms. The number of allylic oxidation sites excluding steroid dienone is 1. The summed E-state index contributed by atoms with van der Waals surface area (Å²) in [6.07, 6.45) is -1.59. The van der Waals surface area contributed by atoms with Crippen molar-refractivity contribution in [3.8, 4) is 16.9 Å². The second kappa shape index (κ2) is 14.6. The third kappa shape index (κ3) is 9.59. The SMILES string of the molecule is C/C(=C\C(Cc1ccc(-c2ccccc2)cc1)Sc1ccc(OCC(=O)O)c(C)c1)NC(S)c1ccc(C(F)(F)F)cc1. The number of ether oxygens (including phenoxy) is 1. The molecule has 4 rings (SSSR count). The predicted octanol–water partition coefficient (Wildman–Crippen LogP) is 8.97. The molecule has 4 aromatic rings. The first-order valence-corrected chi connectivity index (χ1v) is 14.9. The number of aliphatic carboxylic acids is 1. The van der Waals surface area contributed by atoms with Gasteiger partial charge in [-0.3, -0.25) is 0 Å². The molecule has 0 spiro atoms. The van der Waals surface area contributed by atoms with E-state index in [0.717, 1.165) is 45.0 Å². The van der Waals surface area contributed by atoms with E-state index in [1.165, 1.54) is 12.1 Å². The summed E-state index contributed by atoms with van der Waals surface area (Å²) in [6, 6.07) is 29.2. The Bertz CT molecular complexity index is 1540. The summed E-state index contributed by atoms with van der Waals surface area (Å²) in [4.78, 5) is 11.9. The Labute approximate surface area is 259 Å². The van der Waals surface area contributed by atoms with Crippen LogP contribution in [0.3, 0.4) is 0 Å². The van der Waals surface area contributed by atoms with Crippen molar-refractivity contribution >= 4 is 30.4 Å². The van der Waals surface area contributed by atoms with Crippen LogP contribution in [0.15, 0.2) is 114 Å². The number of benzene rings is 4. The number of thiol groups is 1. The van der Waals surface area contributed by atoms with Gasteiger partial charge in [-0.05, 0) is 78.4 Å². The predicted molar refractivity (Wildman–Crippen MR) is 170 cm³/mol. The average molecular weight is 624 g/mol. The Morgan fingerprint density at radius 2 is 1.63 bits per heavy atom. The molecule has 0 heterocycles. The van der Waals surface area contributed by atoms with Gasteiger partial charge in [0.05, 0.1) is 10.9 Å². The molecular formula is C34H32F3NO3S2. The smallest absolute Gasteiger partial charge is 0.416 e. The zero-order valence-corrected chi connectivity index (χ0v) is 25.3. The second-order valence-corrected chi connectivity index (χ2v) is 11.9. The molecule has 4 aromatic carbocycles. The fourth-order valence-electron chi connectivity index (χ4n) is 4.48. The zero-order valence-electron chi connectivity index (χ0n) is 23.6. The van der Waals surface area contributed by atoms with Crippen molar-refractivity contribution in [2.24, 2.45) is 0 Å². The number of halogens is 3. The third-order valence-corrected chi connectivity index (χ3v) is 8.20. The molecule has 0 aliphatic rings. The molecule has 224 valence electrons. The van der Waals surface area contributed by atoms with Gasteiger partial charge in [0.1, 0.15) is 5.75 Å². The van der Waals surface area contributed by atoms with Crippen molar-refractivity contribution in [3.63, 3.8) is 0 Å². The number of aryl methyl sites for hydroxylation is 1. The van der Waals surface area contributed by atoms with E-state index in [9.17, 15) is 18.0 Å². The van der Waals surface area contributed by atoms with Crippen LogP contribution in [0, 0.1) is 6.92 Å². The van der Waals surface area contributed by atoms with Crippen molar-refractivity contribution in [2.75, 3.05) is 6.61 Å². The third-order valence-electron chi connectivity index (χ3n) is 6.64. The minimum Gasteiger partial charge on any atom is -0.482 e. The summed E-state index contributed by atoms with van der Waals surface area (Å²) in [6.45, 7) is 3.37. The minimum absolute atomic E-state index is 0.00611. The molecule has 9 heteroatoms. The number of hydrogen-bond acceptors (Lipinski definition) is 5. The number of carboxylic acids is 1. The summed E-state index contributed by atoms with van der Waals surface area (Å²) in [5.74, 6) is -0.522. The molecule has 0 fully saturated rings. The molecule has 43 heavy (non-hydrogen) atoms. The van der Waals surface area contributed by atoms with Crippen molar-refractivity contribution < 1.29 is 27.8 Å². The quantitative estimate of drug-likeness (QED) is 0.0836. The summed E-state index contributed by atoms with van der Waals surface area (Å²) in [7, 11) is 0. The Hall–Kier alpha value is -3.82.